The van der Waals surface area contributed by atoms with Crippen LogP contribution in [-0.4, -0.2) is 54.5 Å². The number of carbonyl (C=O) groups is 1. The van der Waals surface area contributed by atoms with E-state index in [1.54, 1.807) is 24.3 Å². The van der Waals surface area contributed by atoms with Crippen LogP contribution in [0, 0.1) is 0 Å². The van der Waals surface area contributed by atoms with E-state index in [2.05, 4.69) is 26.9 Å². The second-order valence-corrected chi connectivity index (χ2v) is 9.53. The molecule has 0 saturated carbocycles. The molecule has 0 spiro atoms. The van der Waals surface area contributed by atoms with Crippen molar-refractivity contribution >= 4 is 28.0 Å². The molecule has 1 atom stereocenters. The molecular weight excluding hydrogens is 543 g/mol. The van der Waals surface area contributed by atoms with Gasteiger partial charge in [-0.05, 0) is 70.8 Å². The molecule has 0 radical (unpaired) electrons. The van der Waals surface area contributed by atoms with Gasteiger partial charge in [0, 0.05) is 36.8 Å². The summed E-state index contributed by atoms with van der Waals surface area (Å²) in [6.45, 7) is 3.43. The van der Waals surface area contributed by atoms with E-state index in [1.807, 2.05) is 12.1 Å². The molecule has 0 unspecified atom stereocenters. The summed E-state index contributed by atoms with van der Waals surface area (Å²) in [6, 6.07) is 10.3. The van der Waals surface area contributed by atoms with Crippen molar-refractivity contribution in [2.24, 2.45) is 0 Å². The SMILES string of the molecule is C[C@H](Oc1ccc(COc2ccc3c(c2)OCC(CN2CCC=C(C(=O)O)C2)=C3)cc1Br)C(F)(F)F. The van der Waals surface area contributed by atoms with Crippen LogP contribution >= 0.6 is 15.9 Å². The van der Waals surface area contributed by atoms with Gasteiger partial charge in [-0.3, -0.25) is 4.90 Å². The Balaban J connectivity index is 1.34. The van der Waals surface area contributed by atoms with Crippen LogP contribution in [0.25, 0.3) is 6.08 Å². The fraction of sp³-hybridized carbons (Fsp3) is 0.346. The molecule has 0 aromatic heterocycles. The Morgan fingerprint density at radius 3 is 2.78 bits per heavy atom. The van der Waals surface area contributed by atoms with Crippen molar-refractivity contribution in [3.05, 3.63) is 69.2 Å². The highest BCUT2D eigenvalue weighted by Gasteiger charge is 2.38. The average Bonchev–Trinajstić information content (AvgIpc) is 2.83. The molecule has 0 saturated heterocycles. The number of nitrogens with zero attached hydrogens (tertiary/aromatic N) is 1. The smallest absolute Gasteiger partial charge is 0.425 e. The normalized spacial score (nSPS) is 16.8. The summed E-state index contributed by atoms with van der Waals surface area (Å²) in [5.41, 5.74) is 3.16. The van der Waals surface area contributed by atoms with Crippen LogP contribution in [-0.2, 0) is 11.4 Å². The Bertz CT molecular complexity index is 1190. The van der Waals surface area contributed by atoms with Gasteiger partial charge >= 0.3 is 12.1 Å². The summed E-state index contributed by atoms with van der Waals surface area (Å²) in [5.74, 6) is 0.513. The van der Waals surface area contributed by atoms with E-state index in [-0.39, 0.29) is 12.4 Å². The van der Waals surface area contributed by atoms with Crippen molar-refractivity contribution < 1.29 is 37.3 Å². The largest absolute Gasteiger partial charge is 0.489 e. The number of alkyl halides is 3. The number of carboxylic acids is 1. The van der Waals surface area contributed by atoms with Crippen LogP contribution in [0.4, 0.5) is 13.2 Å². The monoisotopic (exact) mass is 567 g/mol. The van der Waals surface area contributed by atoms with Gasteiger partial charge in [-0.2, -0.15) is 13.2 Å². The summed E-state index contributed by atoms with van der Waals surface area (Å²) < 4.78 is 55.4. The van der Waals surface area contributed by atoms with Crippen molar-refractivity contribution in [1.82, 2.24) is 4.90 Å². The van der Waals surface area contributed by atoms with Crippen LogP contribution in [0.3, 0.4) is 0 Å². The fourth-order valence-corrected chi connectivity index (χ4v) is 4.43. The lowest BCUT2D eigenvalue weighted by molar-refractivity contribution is -0.189. The van der Waals surface area contributed by atoms with Gasteiger partial charge in [0.05, 0.1) is 4.47 Å². The van der Waals surface area contributed by atoms with Crippen LogP contribution in [0.15, 0.2) is 58.1 Å². The Kier molecular flexibility index (Phi) is 7.94. The molecule has 0 amide bonds. The zero-order valence-electron chi connectivity index (χ0n) is 19.5. The quantitative estimate of drug-likeness (QED) is 0.431. The maximum atomic E-state index is 12.7. The van der Waals surface area contributed by atoms with Crippen molar-refractivity contribution in [3.63, 3.8) is 0 Å². The minimum absolute atomic E-state index is 0.105. The zero-order chi connectivity index (χ0) is 25.9. The Hall–Kier alpha value is -2.98. The Morgan fingerprint density at radius 2 is 2.06 bits per heavy atom. The van der Waals surface area contributed by atoms with Crippen LogP contribution in [0.5, 0.6) is 17.2 Å². The number of halogens is 4. The van der Waals surface area contributed by atoms with E-state index in [9.17, 15) is 23.1 Å². The van der Waals surface area contributed by atoms with Crippen molar-refractivity contribution in [1.29, 1.82) is 0 Å². The predicted octanol–water partition coefficient (Wildman–Crippen LogP) is 5.85. The number of fused-ring (bicyclic) bond motifs is 1. The van der Waals surface area contributed by atoms with Gasteiger partial charge in [0.15, 0.2) is 6.10 Å². The third kappa shape index (κ3) is 6.61. The van der Waals surface area contributed by atoms with Crippen LogP contribution in [0.2, 0.25) is 0 Å². The first-order valence-electron chi connectivity index (χ1n) is 11.3. The molecule has 0 aliphatic carbocycles. The van der Waals surface area contributed by atoms with Gasteiger partial charge in [-0.1, -0.05) is 12.1 Å². The standard InChI is InChI=1S/C26H25BrF3NO5/c1-16(26(28,29)30)36-23-7-4-17(10-22(23)27)14-34-21-6-5-19-9-18(15-35-24(19)11-21)12-31-8-2-3-20(13-31)25(32)33/h3-7,9-11,16H,2,8,12-15H2,1H3,(H,32,33)/t16-/m0/s1. The third-order valence-corrected chi connectivity index (χ3v) is 6.48. The van der Waals surface area contributed by atoms with Gasteiger partial charge in [-0.15, -0.1) is 0 Å². The minimum atomic E-state index is -4.44. The molecule has 2 aromatic rings. The maximum absolute atomic E-state index is 12.7. The second-order valence-electron chi connectivity index (χ2n) is 8.68. The number of benzene rings is 2. The van der Waals surface area contributed by atoms with Crippen molar-refractivity contribution in [2.45, 2.75) is 32.2 Å². The second kappa shape index (κ2) is 11.0. The number of carboxylic acid groups (broad SMARTS) is 1. The van der Waals surface area contributed by atoms with Gasteiger partial charge in [0.1, 0.15) is 30.5 Å². The summed E-state index contributed by atoms with van der Waals surface area (Å²) in [7, 11) is 0. The predicted molar refractivity (Wildman–Crippen MR) is 131 cm³/mol. The molecule has 0 fully saturated rings. The van der Waals surface area contributed by atoms with E-state index >= 15 is 0 Å². The molecule has 2 heterocycles. The topological polar surface area (TPSA) is 68.2 Å². The van der Waals surface area contributed by atoms with Crippen molar-refractivity contribution in [2.75, 3.05) is 26.2 Å². The first kappa shape index (κ1) is 26.1. The summed E-state index contributed by atoms with van der Waals surface area (Å²) in [5, 5.41) is 9.23. The number of rotatable bonds is 8. The van der Waals surface area contributed by atoms with Crippen molar-refractivity contribution in [3.8, 4) is 17.2 Å². The van der Waals surface area contributed by atoms with Gasteiger partial charge in [0.25, 0.3) is 0 Å². The maximum Gasteiger partial charge on any atom is 0.425 e. The number of hydrogen-bond donors (Lipinski definition) is 1. The molecule has 6 nitrogen and oxygen atoms in total. The molecular formula is C26H25BrF3NO5. The Labute approximate surface area is 215 Å². The molecule has 1 N–H and O–H groups in total. The average molecular weight is 568 g/mol. The first-order chi connectivity index (χ1) is 17.1. The van der Waals surface area contributed by atoms with Crippen LogP contribution < -0.4 is 14.2 Å². The molecule has 0 bridgehead atoms. The Morgan fingerprint density at radius 1 is 1.25 bits per heavy atom. The van der Waals surface area contributed by atoms with Gasteiger partial charge in [0.2, 0.25) is 0 Å². The number of aliphatic carboxylic acids is 1. The molecule has 2 aliphatic rings. The van der Waals surface area contributed by atoms with E-state index in [1.165, 1.54) is 6.07 Å². The molecule has 4 rings (SSSR count). The highest BCUT2D eigenvalue weighted by atomic mass is 79.9. The molecule has 192 valence electrons. The van der Waals surface area contributed by atoms with E-state index < -0.39 is 18.2 Å². The molecule has 2 aromatic carbocycles. The highest BCUT2D eigenvalue weighted by Crippen LogP contribution is 2.33. The lowest BCUT2D eigenvalue weighted by Crippen LogP contribution is -2.34. The third-order valence-electron chi connectivity index (χ3n) is 5.86. The number of ether oxygens (including phenoxy) is 3. The number of hydrogen-bond acceptors (Lipinski definition) is 5. The molecule has 36 heavy (non-hydrogen) atoms. The van der Waals surface area contributed by atoms with Crippen LogP contribution in [0.1, 0.15) is 24.5 Å². The highest BCUT2D eigenvalue weighted by molar-refractivity contribution is 9.10. The fourth-order valence-electron chi connectivity index (χ4n) is 3.91. The summed E-state index contributed by atoms with van der Waals surface area (Å²) >= 11 is 3.26. The van der Waals surface area contributed by atoms with Gasteiger partial charge < -0.3 is 19.3 Å². The lowest BCUT2D eigenvalue weighted by Gasteiger charge is -2.28. The van der Waals surface area contributed by atoms with E-state index in [4.69, 9.17) is 14.2 Å². The molecule has 2 aliphatic heterocycles. The minimum Gasteiger partial charge on any atom is -0.489 e. The molecule has 10 heteroatoms. The first-order valence-corrected chi connectivity index (χ1v) is 12.1. The van der Waals surface area contributed by atoms with E-state index in [0.29, 0.717) is 47.7 Å². The van der Waals surface area contributed by atoms with Gasteiger partial charge in [-0.25, -0.2) is 4.79 Å². The summed E-state index contributed by atoms with van der Waals surface area (Å²) in [4.78, 5) is 13.3. The van der Waals surface area contributed by atoms with E-state index in [0.717, 1.165) is 30.2 Å². The zero-order valence-corrected chi connectivity index (χ0v) is 21.1. The lowest BCUT2D eigenvalue weighted by atomic mass is 10.0. The summed E-state index contributed by atoms with van der Waals surface area (Å²) in [6.07, 6.45) is -1.82.